The molecular weight excluding hydrogens is 262 g/mol. The van der Waals surface area contributed by atoms with Gasteiger partial charge in [-0.2, -0.15) is 5.26 Å². The van der Waals surface area contributed by atoms with Crippen molar-refractivity contribution < 1.29 is 15.0 Å². The van der Waals surface area contributed by atoms with E-state index in [2.05, 4.69) is 15.9 Å². The summed E-state index contributed by atoms with van der Waals surface area (Å²) >= 11 is 3.20. The fraction of sp³-hybridized carbons (Fsp3) is 0.200. The molecule has 15 heavy (non-hydrogen) atoms. The smallest absolute Gasteiger partial charge is 0.307 e. The van der Waals surface area contributed by atoms with Crippen LogP contribution in [0.3, 0.4) is 0 Å². The number of aliphatic hydroxyl groups excluding tert-OH is 1. The van der Waals surface area contributed by atoms with Gasteiger partial charge in [0, 0.05) is 4.47 Å². The Morgan fingerprint density at radius 1 is 1.47 bits per heavy atom. The summed E-state index contributed by atoms with van der Waals surface area (Å²) in [6, 6.07) is 5.06. The second-order valence-electron chi connectivity index (χ2n) is 2.89. The number of halogens is 1. The Morgan fingerprint density at radius 2 is 2.13 bits per heavy atom. The average Bonchev–Trinajstić information content (AvgIpc) is 2.18. The lowest BCUT2D eigenvalue weighted by atomic mass is 9.99. The summed E-state index contributed by atoms with van der Waals surface area (Å²) in [5, 5.41) is 26.6. The summed E-state index contributed by atoms with van der Waals surface area (Å²) in [6.07, 6.45) is -0.266. The number of carboxylic acids is 1. The highest BCUT2D eigenvalue weighted by molar-refractivity contribution is 9.10. The molecule has 0 aliphatic rings. The van der Waals surface area contributed by atoms with Crippen LogP contribution in [0.25, 0.3) is 0 Å². The highest BCUT2D eigenvalue weighted by Gasteiger charge is 2.14. The van der Waals surface area contributed by atoms with Crippen LogP contribution in [-0.2, 0) is 17.8 Å². The third-order valence-electron chi connectivity index (χ3n) is 1.98. The van der Waals surface area contributed by atoms with E-state index in [0.29, 0.717) is 15.6 Å². The lowest BCUT2D eigenvalue weighted by Gasteiger charge is -2.09. The van der Waals surface area contributed by atoms with Crippen molar-refractivity contribution in [3.05, 3.63) is 33.3 Å². The van der Waals surface area contributed by atoms with Crippen LogP contribution in [0.2, 0.25) is 0 Å². The SMILES string of the molecule is N#Cc1ccc(Br)c(CO)c1CC(=O)O. The van der Waals surface area contributed by atoms with E-state index in [1.54, 1.807) is 6.07 Å². The summed E-state index contributed by atoms with van der Waals surface area (Å²) in [6.45, 7) is -0.293. The number of rotatable bonds is 3. The van der Waals surface area contributed by atoms with E-state index >= 15 is 0 Å². The molecule has 0 saturated carbocycles. The lowest BCUT2D eigenvalue weighted by Crippen LogP contribution is -2.07. The van der Waals surface area contributed by atoms with Gasteiger partial charge in [-0.05, 0) is 23.3 Å². The molecule has 4 nitrogen and oxygen atoms in total. The van der Waals surface area contributed by atoms with E-state index in [0.717, 1.165) is 0 Å². The van der Waals surface area contributed by atoms with Crippen molar-refractivity contribution in [1.82, 2.24) is 0 Å². The maximum atomic E-state index is 10.6. The number of carboxylic acid groups (broad SMARTS) is 1. The maximum absolute atomic E-state index is 10.6. The molecule has 5 heteroatoms. The van der Waals surface area contributed by atoms with E-state index < -0.39 is 5.97 Å². The molecule has 0 spiro atoms. The van der Waals surface area contributed by atoms with Crippen LogP contribution in [0, 0.1) is 11.3 Å². The average molecular weight is 270 g/mol. The Balaban J connectivity index is 3.35. The van der Waals surface area contributed by atoms with Crippen molar-refractivity contribution in [2.45, 2.75) is 13.0 Å². The van der Waals surface area contributed by atoms with Crippen LogP contribution in [0.5, 0.6) is 0 Å². The van der Waals surface area contributed by atoms with Crippen LogP contribution < -0.4 is 0 Å². The lowest BCUT2D eigenvalue weighted by molar-refractivity contribution is -0.136. The molecule has 0 radical (unpaired) electrons. The molecule has 0 atom stereocenters. The van der Waals surface area contributed by atoms with E-state index in [-0.39, 0.29) is 18.6 Å². The number of carbonyl (C=O) groups is 1. The number of benzene rings is 1. The van der Waals surface area contributed by atoms with Gasteiger partial charge < -0.3 is 10.2 Å². The van der Waals surface area contributed by atoms with Crippen molar-refractivity contribution in [3.63, 3.8) is 0 Å². The van der Waals surface area contributed by atoms with E-state index in [1.165, 1.54) is 6.07 Å². The zero-order chi connectivity index (χ0) is 11.4. The van der Waals surface area contributed by atoms with Gasteiger partial charge in [0.1, 0.15) is 0 Å². The fourth-order valence-corrected chi connectivity index (χ4v) is 1.79. The zero-order valence-electron chi connectivity index (χ0n) is 7.70. The first-order chi connectivity index (χ1) is 7.10. The molecule has 0 heterocycles. The summed E-state index contributed by atoms with van der Waals surface area (Å²) in [5.74, 6) is -1.03. The molecule has 0 fully saturated rings. The fourth-order valence-electron chi connectivity index (χ4n) is 1.29. The first kappa shape index (κ1) is 11.7. The molecule has 0 aromatic heterocycles. The number of nitrogens with zero attached hydrogens (tertiary/aromatic N) is 1. The van der Waals surface area contributed by atoms with Crippen LogP contribution in [-0.4, -0.2) is 16.2 Å². The standard InChI is InChI=1S/C10H8BrNO3/c11-9-2-1-6(4-12)7(3-10(14)15)8(9)5-13/h1-2,13H,3,5H2,(H,14,15). The minimum Gasteiger partial charge on any atom is -0.481 e. The van der Waals surface area contributed by atoms with Gasteiger partial charge in [0.05, 0.1) is 24.7 Å². The van der Waals surface area contributed by atoms with Crippen molar-refractivity contribution in [2.24, 2.45) is 0 Å². The van der Waals surface area contributed by atoms with Gasteiger partial charge in [-0.25, -0.2) is 0 Å². The Hall–Kier alpha value is -1.38. The molecule has 0 bridgehead atoms. The number of aliphatic carboxylic acids is 1. The number of hydrogen-bond acceptors (Lipinski definition) is 3. The number of aliphatic hydroxyl groups is 1. The van der Waals surface area contributed by atoms with E-state index in [4.69, 9.17) is 15.5 Å². The molecule has 0 aliphatic carbocycles. The largest absolute Gasteiger partial charge is 0.481 e. The van der Waals surface area contributed by atoms with Crippen molar-refractivity contribution in [3.8, 4) is 6.07 Å². The van der Waals surface area contributed by atoms with Crippen LogP contribution in [0.15, 0.2) is 16.6 Å². The molecule has 2 N–H and O–H groups in total. The van der Waals surface area contributed by atoms with Crippen LogP contribution in [0.4, 0.5) is 0 Å². The molecule has 1 aromatic rings. The molecule has 78 valence electrons. The van der Waals surface area contributed by atoms with Gasteiger partial charge in [0.2, 0.25) is 0 Å². The second kappa shape index (κ2) is 4.91. The van der Waals surface area contributed by atoms with Crippen LogP contribution >= 0.6 is 15.9 Å². The third kappa shape index (κ3) is 2.55. The summed E-state index contributed by atoms with van der Waals surface area (Å²) in [7, 11) is 0. The number of hydrogen-bond donors (Lipinski definition) is 2. The third-order valence-corrected chi connectivity index (χ3v) is 2.72. The van der Waals surface area contributed by atoms with Gasteiger partial charge in [0.25, 0.3) is 0 Å². The van der Waals surface area contributed by atoms with E-state index in [9.17, 15) is 4.79 Å². The Labute approximate surface area is 94.9 Å². The first-order valence-corrected chi connectivity index (χ1v) is 4.92. The number of nitriles is 1. The predicted octanol–water partition coefficient (Wildman–Crippen LogP) is 1.44. The predicted molar refractivity (Wildman–Crippen MR) is 56.1 cm³/mol. The molecule has 1 aromatic carbocycles. The highest BCUT2D eigenvalue weighted by atomic mass is 79.9. The van der Waals surface area contributed by atoms with E-state index in [1.807, 2.05) is 6.07 Å². The summed E-state index contributed by atoms with van der Waals surface area (Å²) in [4.78, 5) is 10.6. The molecular formula is C10H8BrNO3. The molecule has 1 rings (SSSR count). The minimum absolute atomic E-state index is 0.266. The van der Waals surface area contributed by atoms with Crippen LogP contribution in [0.1, 0.15) is 16.7 Å². The Morgan fingerprint density at radius 3 is 2.60 bits per heavy atom. The van der Waals surface area contributed by atoms with Gasteiger partial charge in [-0.1, -0.05) is 15.9 Å². The molecule has 0 aliphatic heterocycles. The normalized spacial score (nSPS) is 9.67. The van der Waals surface area contributed by atoms with Crippen molar-refractivity contribution >= 4 is 21.9 Å². The monoisotopic (exact) mass is 269 g/mol. The summed E-state index contributed by atoms with van der Waals surface area (Å²) in [5.41, 5.74) is 1.10. The topological polar surface area (TPSA) is 81.3 Å². The van der Waals surface area contributed by atoms with Crippen molar-refractivity contribution in [1.29, 1.82) is 5.26 Å². The Bertz CT molecular complexity index is 437. The highest BCUT2D eigenvalue weighted by Crippen LogP contribution is 2.24. The Kier molecular flexibility index (Phi) is 3.83. The van der Waals surface area contributed by atoms with Crippen molar-refractivity contribution in [2.75, 3.05) is 0 Å². The molecule has 0 saturated heterocycles. The second-order valence-corrected chi connectivity index (χ2v) is 3.75. The van der Waals surface area contributed by atoms with Gasteiger partial charge >= 0.3 is 5.97 Å². The molecule has 0 amide bonds. The first-order valence-electron chi connectivity index (χ1n) is 4.13. The molecule has 0 unspecified atom stereocenters. The minimum atomic E-state index is -1.03. The maximum Gasteiger partial charge on any atom is 0.307 e. The quantitative estimate of drug-likeness (QED) is 0.870. The van der Waals surface area contributed by atoms with Gasteiger partial charge in [-0.3, -0.25) is 4.79 Å². The van der Waals surface area contributed by atoms with Gasteiger partial charge in [-0.15, -0.1) is 0 Å². The zero-order valence-corrected chi connectivity index (χ0v) is 9.28. The van der Waals surface area contributed by atoms with Gasteiger partial charge in [0.15, 0.2) is 0 Å². The summed E-state index contributed by atoms with van der Waals surface area (Å²) < 4.78 is 0.611.